The van der Waals surface area contributed by atoms with Crippen LogP contribution in [0.1, 0.15) is 43.7 Å². The van der Waals surface area contributed by atoms with Crippen molar-refractivity contribution in [1.29, 1.82) is 0 Å². The average molecular weight is 403 g/mol. The Hall–Kier alpha value is -2.34. The molecule has 2 aromatic carbocycles. The molecule has 6 heteroatoms. The monoisotopic (exact) mass is 402 g/mol. The number of carbonyl (C=O) groups excluding carboxylic acids is 1. The molecule has 0 aliphatic heterocycles. The molecule has 2 aromatic rings. The second-order valence-corrected chi connectivity index (χ2v) is 8.98. The lowest BCUT2D eigenvalue weighted by Crippen LogP contribution is -2.32. The minimum atomic E-state index is -3.41. The van der Waals surface area contributed by atoms with Gasteiger partial charge >= 0.3 is 0 Å². The standard InChI is InChI=1S/C22H30N2O3S/c1-4-5-10-19-13-15-20(16-14-19)23-22(25)12-8-17-24(28(3,26)27)21-11-7-6-9-18(21)2/h6-7,9,11,13-16H,4-5,8,10,12,17H2,1-3H3,(H,23,25). The van der Waals surface area contributed by atoms with E-state index in [4.69, 9.17) is 0 Å². The maximum Gasteiger partial charge on any atom is 0.232 e. The third-order valence-corrected chi connectivity index (χ3v) is 5.79. The summed E-state index contributed by atoms with van der Waals surface area (Å²) in [7, 11) is -3.41. The number of hydrogen-bond acceptors (Lipinski definition) is 3. The number of amides is 1. The second-order valence-electron chi connectivity index (χ2n) is 7.07. The highest BCUT2D eigenvalue weighted by atomic mass is 32.2. The van der Waals surface area contributed by atoms with Gasteiger partial charge in [0, 0.05) is 18.7 Å². The van der Waals surface area contributed by atoms with Crippen LogP contribution in [0.25, 0.3) is 0 Å². The number of sulfonamides is 1. The summed E-state index contributed by atoms with van der Waals surface area (Å²) in [5, 5.41) is 2.88. The zero-order valence-electron chi connectivity index (χ0n) is 16.9. The van der Waals surface area contributed by atoms with Crippen molar-refractivity contribution in [3.63, 3.8) is 0 Å². The summed E-state index contributed by atoms with van der Waals surface area (Å²) in [5.74, 6) is -0.112. The lowest BCUT2D eigenvalue weighted by atomic mass is 10.1. The smallest absolute Gasteiger partial charge is 0.232 e. The third kappa shape index (κ3) is 6.68. The molecular weight excluding hydrogens is 372 g/mol. The van der Waals surface area contributed by atoms with E-state index in [1.807, 2.05) is 49.4 Å². The summed E-state index contributed by atoms with van der Waals surface area (Å²) in [5.41, 5.74) is 3.58. The topological polar surface area (TPSA) is 66.5 Å². The van der Waals surface area contributed by atoms with Gasteiger partial charge in [-0.3, -0.25) is 9.10 Å². The van der Waals surface area contributed by atoms with Crippen LogP contribution in [0, 0.1) is 6.92 Å². The molecule has 0 spiro atoms. The Bertz CT molecular complexity index is 877. The van der Waals surface area contributed by atoms with Gasteiger partial charge in [0.25, 0.3) is 0 Å². The van der Waals surface area contributed by atoms with Gasteiger partial charge in [0.05, 0.1) is 11.9 Å². The van der Waals surface area contributed by atoms with E-state index in [9.17, 15) is 13.2 Å². The van der Waals surface area contributed by atoms with Crippen LogP contribution in [-0.2, 0) is 21.2 Å². The van der Waals surface area contributed by atoms with Crippen molar-refractivity contribution >= 4 is 27.3 Å². The quantitative estimate of drug-likeness (QED) is 0.635. The molecule has 0 aliphatic carbocycles. The minimum absolute atomic E-state index is 0.112. The van der Waals surface area contributed by atoms with Gasteiger partial charge in [0.15, 0.2) is 0 Å². The van der Waals surface area contributed by atoms with E-state index in [0.717, 1.165) is 30.5 Å². The number of carbonyl (C=O) groups is 1. The molecule has 0 aliphatic rings. The Morgan fingerprint density at radius 2 is 1.71 bits per heavy atom. The summed E-state index contributed by atoms with van der Waals surface area (Å²) in [6.07, 6.45) is 5.26. The van der Waals surface area contributed by atoms with E-state index >= 15 is 0 Å². The zero-order valence-corrected chi connectivity index (χ0v) is 17.8. The Kier molecular flexibility index (Phi) is 8.05. The van der Waals surface area contributed by atoms with Crippen molar-refractivity contribution < 1.29 is 13.2 Å². The van der Waals surface area contributed by atoms with E-state index in [2.05, 4.69) is 12.2 Å². The highest BCUT2D eigenvalue weighted by Crippen LogP contribution is 2.22. The summed E-state index contributed by atoms with van der Waals surface area (Å²) in [6.45, 7) is 4.32. The van der Waals surface area contributed by atoms with Crippen LogP contribution in [0.4, 0.5) is 11.4 Å². The Morgan fingerprint density at radius 1 is 1.04 bits per heavy atom. The number of rotatable bonds is 10. The van der Waals surface area contributed by atoms with Gasteiger partial charge in [-0.25, -0.2) is 8.42 Å². The maximum atomic E-state index is 12.2. The number of nitrogens with zero attached hydrogens (tertiary/aromatic N) is 1. The molecule has 0 saturated heterocycles. The molecular formula is C22H30N2O3S. The highest BCUT2D eigenvalue weighted by molar-refractivity contribution is 7.92. The summed E-state index contributed by atoms with van der Waals surface area (Å²) in [4.78, 5) is 12.2. The maximum absolute atomic E-state index is 12.2. The lowest BCUT2D eigenvalue weighted by molar-refractivity contribution is -0.116. The molecule has 0 unspecified atom stereocenters. The van der Waals surface area contributed by atoms with E-state index < -0.39 is 10.0 Å². The van der Waals surface area contributed by atoms with Gasteiger partial charge in [-0.1, -0.05) is 43.7 Å². The van der Waals surface area contributed by atoms with Gasteiger partial charge < -0.3 is 5.32 Å². The average Bonchev–Trinajstić information content (AvgIpc) is 2.64. The summed E-state index contributed by atoms with van der Waals surface area (Å²) >= 11 is 0. The number of anilines is 2. The highest BCUT2D eigenvalue weighted by Gasteiger charge is 2.19. The Morgan fingerprint density at radius 3 is 2.32 bits per heavy atom. The van der Waals surface area contributed by atoms with Crippen molar-refractivity contribution in [2.45, 2.75) is 46.0 Å². The molecule has 0 atom stereocenters. The van der Waals surface area contributed by atoms with Gasteiger partial charge in [0.2, 0.25) is 15.9 Å². The van der Waals surface area contributed by atoms with Crippen LogP contribution in [0.3, 0.4) is 0 Å². The lowest BCUT2D eigenvalue weighted by Gasteiger charge is -2.24. The molecule has 5 nitrogen and oxygen atoms in total. The first kappa shape index (κ1) is 22.0. The number of benzene rings is 2. The summed E-state index contributed by atoms with van der Waals surface area (Å²) in [6, 6.07) is 15.3. The van der Waals surface area contributed by atoms with Crippen LogP contribution < -0.4 is 9.62 Å². The van der Waals surface area contributed by atoms with Gasteiger partial charge in [-0.15, -0.1) is 0 Å². The van der Waals surface area contributed by atoms with Gasteiger partial charge in [0.1, 0.15) is 0 Å². The molecule has 0 radical (unpaired) electrons. The SMILES string of the molecule is CCCCc1ccc(NC(=O)CCCN(c2ccccc2C)S(C)(=O)=O)cc1. The van der Waals surface area contributed by atoms with Crippen LogP contribution >= 0.6 is 0 Å². The predicted octanol–water partition coefficient (Wildman–Crippen LogP) is 4.52. The van der Waals surface area contributed by atoms with E-state index in [-0.39, 0.29) is 18.9 Å². The Balaban J connectivity index is 1.90. The van der Waals surface area contributed by atoms with E-state index in [1.165, 1.54) is 16.1 Å². The fourth-order valence-corrected chi connectivity index (χ4v) is 4.07. The first-order chi connectivity index (χ1) is 13.3. The fourth-order valence-electron chi connectivity index (χ4n) is 3.05. The van der Waals surface area contributed by atoms with Crippen molar-refractivity contribution in [3.05, 3.63) is 59.7 Å². The first-order valence-corrected chi connectivity index (χ1v) is 11.6. The Labute approximate surface area is 168 Å². The number of nitrogens with one attached hydrogen (secondary N) is 1. The van der Waals surface area contributed by atoms with Crippen molar-refractivity contribution in [2.75, 3.05) is 22.4 Å². The van der Waals surface area contributed by atoms with Crippen LogP contribution in [0.5, 0.6) is 0 Å². The van der Waals surface area contributed by atoms with Gasteiger partial charge in [-0.2, -0.15) is 0 Å². The first-order valence-electron chi connectivity index (χ1n) is 9.73. The molecule has 2 rings (SSSR count). The van der Waals surface area contributed by atoms with E-state index in [0.29, 0.717) is 12.1 Å². The predicted molar refractivity (Wildman–Crippen MR) is 116 cm³/mol. The summed E-state index contributed by atoms with van der Waals surface area (Å²) < 4.78 is 25.7. The van der Waals surface area contributed by atoms with Crippen LogP contribution in [0.2, 0.25) is 0 Å². The number of unbranched alkanes of at least 4 members (excludes halogenated alkanes) is 1. The molecule has 152 valence electrons. The zero-order chi connectivity index (χ0) is 20.6. The largest absolute Gasteiger partial charge is 0.326 e. The normalized spacial score (nSPS) is 11.2. The molecule has 1 N–H and O–H groups in total. The fraction of sp³-hybridized carbons (Fsp3) is 0.409. The van der Waals surface area contributed by atoms with Crippen molar-refractivity contribution in [2.24, 2.45) is 0 Å². The molecule has 0 heterocycles. The molecule has 0 bridgehead atoms. The van der Waals surface area contributed by atoms with E-state index in [1.54, 1.807) is 6.07 Å². The number of para-hydroxylation sites is 1. The van der Waals surface area contributed by atoms with Crippen molar-refractivity contribution in [3.8, 4) is 0 Å². The third-order valence-electron chi connectivity index (χ3n) is 4.61. The molecule has 0 fully saturated rings. The van der Waals surface area contributed by atoms with Crippen molar-refractivity contribution in [1.82, 2.24) is 0 Å². The minimum Gasteiger partial charge on any atom is -0.326 e. The van der Waals surface area contributed by atoms with Crippen LogP contribution in [-0.4, -0.2) is 27.1 Å². The molecule has 0 saturated carbocycles. The number of aryl methyl sites for hydroxylation is 2. The number of hydrogen-bond donors (Lipinski definition) is 1. The molecule has 0 aromatic heterocycles. The molecule has 1 amide bonds. The van der Waals surface area contributed by atoms with Gasteiger partial charge in [-0.05, 0) is 55.5 Å². The second kappa shape index (κ2) is 10.3. The van der Waals surface area contributed by atoms with Crippen LogP contribution in [0.15, 0.2) is 48.5 Å². The molecule has 28 heavy (non-hydrogen) atoms.